The van der Waals surface area contributed by atoms with Crippen LogP contribution in [0.1, 0.15) is 37.7 Å². The van der Waals surface area contributed by atoms with E-state index in [2.05, 4.69) is 37.5 Å². The molecule has 1 saturated heterocycles. The van der Waals surface area contributed by atoms with Gasteiger partial charge in [-0.3, -0.25) is 0 Å². The van der Waals surface area contributed by atoms with Gasteiger partial charge in [0.15, 0.2) is 0 Å². The lowest BCUT2D eigenvalue weighted by Gasteiger charge is -2.28. The van der Waals surface area contributed by atoms with E-state index in [9.17, 15) is 4.39 Å². The number of unbranched alkanes of at least 4 members (excludes halogenated alkanes) is 1. The van der Waals surface area contributed by atoms with Gasteiger partial charge in [0, 0.05) is 17.7 Å². The Labute approximate surface area is 182 Å². The standard InChI is InChI=1S/C25H30FN5/c1-17-20(26)7-9-22-24(17)29-25(28-22)19-6-8-21-23(15-19)31(16-27-21)12-4-3-5-18-10-13-30(2)14-11-18/h6-9,15-16,18H,3-5,10-14H2,1-2H3,(H,28,29). The first-order valence-corrected chi connectivity index (χ1v) is 11.4. The van der Waals surface area contributed by atoms with Crippen molar-refractivity contribution in [2.75, 3.05) is 20.1 Å². The van der Waals surface area contributed by atoms with Crippen LogP contribution in [0.5, 0.6) is 0 Å². The highest BCUT2D eigenvalue weighted by molar-refractivity contribution is 5.85. The third-order valence-electron chi connectivity index (χ3n) is 6.84. The van der Waals surface area contributed by atoms with E-state index in [1.807, 2.05) is 18.5 Å². The van der Waals surface area contributed by atoms with Gasteiger partial charge in [0.05, 0.1) is 28.4 Å². The summed E-state index contributed by atoms with van der Waals surface area (Å²) in [5, 5.41) is 0. The number of nitrogens with one attached hydrogen (secondary N) is 1. The van der Waals surface area contributed by atoms with E-state index < -0.39 is 0 Å². The fraction of sp³-hybridized carbons (Fsp3) is 0.440. The number of H-pyrrole nitrogens is 1. The number of rotatable bonds is 6. The molecule has 1 aliphatic heterocycles. The molecule has 31 heavy (non-hydrogen) atoms. The Kier molecular flexibility index (Phi) is 5.48. The molecule has 1 N–H and O–H groups in total. The summed E-state index contributed by atoms with van der Waals surface area (Å²) in [7, 11) is 2.22. The van der Waals surface area contributed by atoms with Crippen molar-refractivity contribution >= 4 is 22.1 Å². The maximum Gasteiger partial charge on any atom is 0.138 e. The molecule has 5 nitrogen and oxygen atoms in total. The molecule has 1 aliphatic rings. The summed E-state index contributed by atoms with van der Waals surface area (Å²) in [5.41, 5.74) is 5.25. The molecule has 0 bridgehead atoms. The minimum Gasteiger partial charge on any atom is -0.338 e. The Morgan fingerprint density at radius 1 is 1.13 bits per heavy atom. The number of fused-ring (bicyclic) bond motifs is 2. The molecule has 2 aromatic carbocycles. The molecule has 0 saturated carbocycles. The quantitative estimate of drug-likeness (QED) is 0.418. The van der Waals surface area contributed by atoms with Gasteiger partial charge in [-0.2, -0.15) is 0 Å². The highest BCUT2D eigenvalue weighted by Gasteiger charge is 2.16. The molecular weight excluding hydrogens is 389 g/mol. The lowest BCUT2D eigenvalue weighted by molar-refractivity contribution is 0.209. The highest BCUT2D eigenvalue weighted by Crippen LogP contribution is 2.27. The number of hydrogen-bond donors (Lipinski definition) is 1. The van der Waals surface area contributed by atoms with Crippen molar-refractivity contribution < 1.29 is 4.39 Å². The predicted molar refractivity (Wildman–Crippen MR) is 124 cm³/mol. The molecule has 0 spiro atoms. The van der Waals surface area contributed by atoms with Gasteiger partial charge < -0.3 is 14.5 Å². The van der Waals surface area contributed by atoms with Crippen LogP contribution in [0.15, 0.2) is 36.7 Å². The third kappa shape index (κ3) is 4.09. The van der Waals surface area contributed by atoms with Gasteiger partial charge >= 0.3 is 0 Å². The fourth-order valence-corrected chi connectivity index (χ4v) is 4.77. The molecular formula is C25H30FN5. The van der Waals surface area contributed by atoms with E-state index in [0.717, 1.165) is 40.4 Å². The molecule has 0 aliphatic carbocycles. The molecule has 6 heteroatoms. The summed E-state index contributed by atoms with van der Waals surface area (Å²) in [5.74, 6) is 1.43. The minimum atomic E-state index is -0.223. The zero-order valence-corrected chi connectivity index (χ0v) is 18.4. The van der Waals surface area contributed by atoms with E-state index in [0.29, 0.717) is 11.1 Å². The summed E-state index contributed by atoms with van der Waals surface area (Å²) in [6.45, 7) is 5.24. The second-order valence-corrected chi connectivity index (χ2v) is 9.04. The molecule has 0 radical (unpaired) electrons. The van der Waals surface area contributed by atoms with Crippen LogP contribution in [0.2, 0.25) is 0 Å². The number of halogens is 1. The molecule has 3 heterocycles. The first-order chi connectivity index (χ1) is 15.1. The Bertz CT molecular complexity index is 1200. The lowest BCUT2D eigenvalue weighted by Crippen LogP contribution is -2.30. The SMILES string of the molecule is Cc1c(F)ccc2[nH]c(-c3ccc4ncn(CCCCC5CCN(C)CC5)c4c3)nc12. The molecule has 162 valence electrons. The third-order valence-corrected chi connectivity index (χ3v) is 6.84. The van der Waals surface area contributed by atoms with Gasteiger partial charge in [0.2, 0.25) is 0 Å². The first-order valence-electron chi connectivity index (χ1n) is 11.4. The second-order valence-electron chi connectivity index (χ2n) is 9.04. The number of aromatic amines is 1. The molecule has 2 aromatic heterocycles. The number of aryl methyl sites for hydroxylation is 2. The topological polar surface area (TPSA) is 49.7 Å². The summed E-state index contributed by atoms with van der Waals surface area (Å²) in [6, 6.07) is 9.46. The van der Waals surface area contributed by atoms with Crippen LogP contribution < -0.4 is 0 Å². The lowest BCUT2D eigenvalue weighted by atomic mass is 9.92. The number of imidazole rings is 2. The minimum absolute atomic E-state index is 0.223. The Morgan fingerprint density at radius 3 is 2.81 bits per heavy atom. The van der Waals surface area contributed by atoms with Crippen molar-refractivity contribution in [2.24, 2.45) is 5.92 Å². The van der Waals surface area contributed by atoms with Crippen LogP contribution in [-0.2, 0) is 6.54 Å². The first kappa shape index (κ1) is 20.2. The van der Waals surface area contributed by atoms with Crippen LogP contribution >= 0.6 is 0 Å². The van der Waals surface area contributed by atoms with Crippen LogP contribution in [0, 0.1) is 18.7 Å². The van der Waals surface area contributed by atoms with Gasteiger partial charge in [-0.25, -0.2) is 14.4 Å². The fourth-order valence-electron chi connectivity index (χ4n) is 4.77. The predicted octanol–water partition coefficient (Wildman–Crippen LogP) is 5.54. The van der Waals surface area contributed by atoms with Gasteiger partial charge in [-0.05, 0) is 82.6 Å². The number of piperidine rings is 1. The molecule has 0 atom stereocenters. The van der Waals surface area contributed by atoms with E-state index in [-0.39, 0.29) is 5.82 Å². The van der Waals surface area contributed by atoms with Gasteiger partial charge in [0.1, 0.15) is 11.6 Å². The largest absolute Gasteiger partial charge is 0.338 e. The van der Waals surface area contributed by atoms with Crippen molar-refractivity contribution in [3.05, 3.63) is 48.0 Å². The summed E-state index contributed by atoms with van der Waals surface area (Å²) in [6.07, 6.45) is 8.40. The highest BCUT2D eigenvalue weighted by atomic mass is 19.1. The normalized spacial score (nSPS) is 16.0. The number of hydrogen-bond acceptors (Lipinski definition) is 3. The van der Waals surface area contributed by atoms with Crippen LogP contribution in [-0.4, -0.2) is 44.6 Å². The van der Waals surface area contributed by atoms with Crippen molar-refractivity contribution in [1.82, 2.24) is 24.4 Å². The van der Waals surface area contributed by atoms with Crippen LogP contribution in [0.3, 0.4) is 0 Å². The van der Waals surface area contributed by atoms with Crippen molar-refractivity contribution in [3.63, 3.8) is 0 Å². The Morgan fingerprint density at radius 2 is 1.97 bits per heavy atom. The zero-order valence-electron chi connectivity index (χ0n) is 18.4. The van der Waals surface area contributed by atoms with E-state index in [1.165, 1.54) is 51.3 Å². The zero-order chi connectivity index (χ0) is 21.4. The maximum atomic E-state index is 13.9. The number of benzene rings is 2. The van der Waals surface area contributed by atoms with Crippen molar-refractivity contribution in [1.29, 1.82) is 0 Å². The van der Waals surface area contributed by atoms with Crippen molar-refractivity contribution in [2.45, 2.75) is 45.6 Å². The Balaban J connectivity index is 1.30. The molecule has 5 rings (SSSR count). The van der Waals surface area contributed by atoms with Crippen molar-refractivity contribution in [3.8, 4) is 11.4 Å². The monoisotopic (exact) mass is 419 g/mol. The smallest absolute Gasteiger partial charge is 0.138 e. The maximum absolute atomic E-state index is 13.9. The average molecular weight is 420 g/mol. The van der Waals surface area contributed by atoms with Crippen LogP contribution in [0.4, 0.5) is 4.39 Å². The van der Waals surface area contributed by atoms with E-state index in [1.54, 1.807) is 13.0 Å². The number of aromatic nitrogens is 4. The molecule has 1 fully saturated rings. The molecule has 0 unspecified atom stereocenters. The summed E-state index contributed by atoms with van der Waals surface area (Å²) >= 11 is 0. The van der Waals surface area contributed by atoms with E-state index in [4.69, 9.17) is 0 Å². The van der Waals surface area contributed by atoms with Gasteiger partial charge in [0.25, 0.3) is 0 Å². The number of likely N-dealkylation sites (tertiary alicyclic amines) is 1. The Hall–Kier alpha value is -2.73. The second kappa shape index (κ2) is 8.42. The van der Waals surface area contributed by atoms with Gasteiger partial charge in [-0.15, -0.1) is 0 Å². The van der Waals surface area contributed by atoms with E-state index >= 15 is 0 Å². The van der Waals surface area contributed by atoms with Gasteiger partial charge in [-0.1, -0.05) is 12.8 Å². The summed E-state index contributed by atoms with van der Waals surface area (Å²) in [4.78, 5) is 15.0. The molecule has 4 aromatic rings. The van der Waals surface area contributed by atoms with Crippen LogP contribution in [0.25, 0.3) is 33.5 Å². The summed E-state index contributed by atoms with van der Waals surface area (Å²) < 4.78 is 16.1. The average Bonchev–Trinajstić information content (AvgIpc) is 3.39. The molecule has 0 amide bonds. The number of nitrogens with zero attached hydrogens (tertiary/aromatic N) is 4.